The lowest BCUT2D eigenvalue weighted by atomic mass is 10.3. The van der Waals surface area contributed by atoms with Gasteiger partial charge in [-0.1, -0.05) is 0 Å². The molecule has 0 unspecified atom stereocenters. The second-order valence-corrected chi connectivity index (χ2v) is 7.05. The van der Waals surface area contributed by atoms with E-state index in [4.69, 9.17) is 0 Å². The van der Waals surface area contributed by atoms with Gasteiger partial charge in [0.2, 0.25) is 5.13 Å². The summed E-state index contributed by atoms with van der Waals surface area (Å²) < 4.78 is 52.2. The van der Waals surface area contributed by atoms with E-state index in [2.05, 4.69) is 20.9 Å². The molecule has 0 aliphatic rings. The number of nitrogens with one attached hydrogen (secondary N) is 1. The number of halogens is 3. The van der Waals surface area contributed by atoms with Crippen LogP contribution in [-0.4, -0.2) is 18.3 Å². The second-order valence-electron chi connectivity index (χ2n) is 3.56. The minimum Gasteiger partial charge on any atom is -0.257 e. The molecule has 21 heavy (non-hydrogen) atoms. The standard InChI is InChI=1S/C9H4BrF2N3O4S2/c10-5-1-4(11)2-6(12)8(5)21(18,19)14-9-13-3-7(20-9)15(16)17/h1-3H,(H,13,14). The molecule has 0 spiro atoms. The molecule has 0 amide bonds. The summed E-state index contributed by atoms with van der Waals surface area (Å²) in [6, 6.07) is 1.19. The molecule has 0 saturated heterocycles. The molecule has 0 atom stereocenters. The number of benzene rings is 1. The first-order valence-electron chi connectivity index (χ1n) is 4.98. The van der Waals surface area contributed by atoms with E-state index in [1.54, 1.807) is 0 Å². The molecule has 1 aromatic carbocycles. The zero-order valence-electron chi connectivity index (χ0n) is 9.71. The highest BCUT2D eigenvalue weighted by Gasteiger charge is 2.25. The average Bonchev–Trinajstić information content (AvgIpc) is 2.74. The van der Waals surface area contributed by atoms with E-state index in [-0.39, 0.29) is 14.6 Å². The topological polar surface area (TPSA) is 102 Å². The van der Waals surface area contributed by atoms with Crippen LogP contribution >= 0.6 is 27.3 Å². The molecular weight excluding hydrogens is 396 g/mol. The van der Waals surface area contributed by atoms with Gasteiger partial charge in [0.15, 0.2) is 0 Å². The second kappa shape index (κ2) is 5.61. The van der Waals surface area contributed by atoms with Crippen molar-refractivity contribution in [1.29, 1.82) is 0 Å². The third kappa shape index (κ3) is 3.33. The van der Waals surface area contributed by atoms with Gasteiger partial charge in [0.05, 0.1) is 4.92 Å². The Bertz CT molecular complexity index is 801. The molecule has 112 valence electrons. The summed E-state index contributed by atoms with van der Waals surface area (Å²) >= 11 is 3.22. The van der Waals surface area contributed by atoms with Gasteiger partial charge in [0.25, 0.3) is 10.0 Å². The van der Waals surface area contributed by atoms with Gasteiger partial charge in [-0.15, -0.1) is 0 Å². The maximum atomic E-state index is 13.6. The molecular formula is C9H4BrF2N3O4S2. The van der Waals surface area contributed by atoms with Crippen LogP contribution in [0.3, 0.4) is 0 Å². The Hall–Kier alpha value is -1.66. The van der Waals surface area contributed by atoms with E-state index in [9.17, 15) is 27.3 Å². The maximum Gasteiger partial charge on any atom is 0.345 e. The van der Waals surface area contributed by atoms with Crippen LogP contribution in [0, 0.1) is 21.7 Å². The average molecular weight is 400 g/mol. The van der Waals surface area contributed by atoms with Crippen molar-refractivity contribution >= 4 is 47.4 Å². The number of anilines is 1. The summed E-state index contributed by atoms with van der Waals surface area (Å²) in [5.74, 6) is -2.26. The minimum atomic E-state index is -4.42. The largest absolute Gasteiger partial charge is 0.345 e. The number of hydrogen-bond acceptors (Lipinski definition) is 6. The summed E-state index contributed by atoms with van der Waals surface area (Å²) in [7, 11) is -4.42. The predicted molar refractivity (Wildman–Crippen MR) is 73.6 cm³/mol. The van der Waals surface area contributed by atoms with Gasteiger partial charge in [0, 0.05) is 10.5 Å². The zero-order chi connectivity index (χ0) is 15.8. The molecule has 1 N–H and O–H groups in total. The molecule has 1 aromatic heterocycles. The minimum absolute atomic E-state index is 0.308. The zero-order valence-corrected chi connectivity index (χ0v) is 12.9. The van der Waals surface area contributed by atoms with Crippen molar-refractivity contribution in [2.75, 3.05) is 4.72 Å². The molecule has 7 nitrogen and oxygen atoms in total. The fraction of sp³-hybridized carbons (Fsp3) is 0. The SMILES string of the molecule is O=[N+]([O-])c1cnc(NS(=O)(=O)c2c(F)cc(F)cc2Br)s1. The van der Waals surface area contributed by atoms with Crippen LogP contribution in [0.1, 0.15) is 0 Å². The van der Waals surface area contributed by atoms with Crippen molar-refractivity contribution in [3.05, 3.63) is 44.6 Å². The number of rotatable bonds is 4. The third-order valence-corrected chi connectivity index (χ3v) is 5.42. The molecule has 0 aliphatic carbocycles. The van der Waals surface area contributed by atoms with E-state index in [0.29, 0.717) is 17.4 Å². The van der Waals surface area contributed by atoms with Crippen molar-refractivity contribution in [1.82, 2.24) is 4.98 Å². The molecule has 0 saturated carbocycles. The summed E-state index contributed by atoms with van der Waals surface area (Å²) in [5, 5.41) is 9.79. The van der Waals surface area contributed by atoms with Crippen molar-refractivity contribution in [2.24, 2.45) is 0 Å². The first-order chi connectivity index (χ1) is 9.70. The van der Waals surface area contributed by atoms with Gasteiger partial charge in [-0.3, -0.25) is 14.8 Å². The Labute approximate surface area is 129 Å². The first-order valence-corrected chi connectivity index (χ1v) is 8.07. The highest BCUT2D eigenvalue weighted by molar-refractivity contribution is 9.10. The van der Waals surface area contributed by atoms with Crippen molar-refractivity contribution < 1.29 is 22.1 Å². The third-order valence-electron chi connectivity index (χ3n) is 2.13. The smallest absolute Gasteiger partial charge is 0.257 e. The molecule has 12 heteroatoms. The molecule has 1 heterocycles. The van der Waals surface area contributed by atoms with Crippen LogP contribution in [0.25, 0.3) is 0 Å². The Balaban J connectivity index is 2.41. The summed E-state index contributed by atoms with van der Waals surface area (Å²) in [4.78, 5) is 12.4. The summed E-state index contributed by atoms with van der Waals surface area (Å²) in [6.45, 7) is 0. The van der Waals surface area contributed by atoms with E-state index in [1.165, 1.54) is 0 Å². The predicted octanol–water partition coefficient (Wildman–Crippen LogP) is 2.89. The Morgan fingerprint density at radius 2 is 2.05 bits per heavy atom. The summed E-state index contributed by atoms with van der Waals surface area (Å²) in [5.41, 5.74) is 0. The molecule has 2 aromatic rings. The fourth-order valence-electron chi connectivity index (χ4n) is 1.35. The highest BCUT2D eigenvalue weighted by atomic mass is 79.9. The number of aromatic nitrogens is 1. The number of thiazole rings is 1. The van der Waals surface area contributed by atoms with Gasteiger partial charge < -0.3 is 0 Å². The van der Waals surface area contributed by atoms with E-state index in [0.717, 1.165) is 12.3 Å². The number of hydrogen-bond donors (Lipinski definition) is 1. The highest BCUT2D eigenvalue weighted by Crippen LogP contribution is 2.31. The lowest BCUT2D eigenvalue weighted by Gasteiger charge is -2.08. The fourth-order valence-corrected chi connectivity index (χ4v) is 4.39. The lowest BCUT2D eigenvalue weighted by molar-refractivity contribution is -0.380. The number of sulfonamides is 1. The van der Waals surface area contributed by atoms with Crippen molar-refractivity contribution in [2.45, 2.75) is 4.90 Å². The summed E-state index contributed by atoms with van der Waals surface area (Å²) in [6.07, 6.45) is 0.860. The number of nitro groups is 1. The Kier molecular flexibility index (Phi) is 4.20. The Morgan fingerprint density at radius 1 is 1.38 bits per heavy atom. The van der Waals surface area contributed by atoms with E-state index < -0.39 is 31.5 Å². The maximum absolute atomic E-state index is 13.6. The quantitative estimate of drug-likeness (QED) is 0.628. The first kappa shape index (κ1) is 15.7. The normalized spacial score (nSPS) is 11.4. The van der Waals surface area contributed by atoms with Crippen LogP contribution in [-0.2, 0) is 10.0 Å². The van der Waals surface area contributed by atoms with Crippen LogP contribution in [0.5, 0.6) is 0 Å². The van der Waals surface area contributed by atoms with Gasteiger partial charge in [0.1, 0.15) is 22.7 Å². The van der Waals surface area contributed by atoms with Crippen LogP contribution in [0.2, 0.25) is 0 Å². The molecule has 0 radical (unpaired) electrons. The van der Waals surface area contributed by atoms with Crippen molar-refractivity contribution in [3.63, 3.8) is 0 Å². The molecule has 0 aliphatic heterocycles. The van der Waals surface area contributed by atoms with Gasteiger partial charge in [-0.2, -0.15) is 0 Å². The van der Waals surface area contributed by atoms with E-state index >= 15 is 0 Å². The molecule has 0 fully saturated rings. The number of nitrogens with zero attached hydrogens (tertiary/aromatic N) is 2. The lowest BCUT2D eigenvalue weighted by Crippen LogP contribution is -2.15. The van der Waals surface area contributed by atoms with Crippen LogP contribution in [0.4, 0.5) is 18.9 Å². The van der Waals surface area contributed by atoms with E-state index in [1.807, 2.05) is 4.72 Å². The molecule has 0 bridgehead atoms. The Morgan fingerprint density at radius 3 is 2.57 bits per heavy atom. The van der Waals surface area contributed by atoms with Crippen LogP contribution < -0.4 is 4.72 Å². The monoisotopic (exact) mass is 399 g/mol. The van der Waals surface area contributed by atoms with Gasteiger partial charge in [-0.05, 0) is 33.3 Å². The van der Waals surface area contributed by atoms with Crippen LogP contribution in [0.15, 0.2) is 27.7 Å². The van der Waals surface area contributed by atoms with Crippen molar-refractivity contribution in [3.8, 4) is 0 Å². The van der Waals surface area contributed by atoms with Gasteiger partial charge >= 0.3 is 5.00 Å². The van der Waals surface area contributed by atoms with Gasteiger partial charge in [-0.25, -0.2) is 22.2 Å². The molecule has 2 rings (SSSR count).